The number of hydrogen-bond acceptors (Lipinski definition) is 12. The van der Waals surface area contributed by atoms with Gasteiger partial charge in [-0.25, -0.2) is 28.8 Å². The van der Waals surface area contributed by atoms with E-state index in [4.69, 9.17) is 76.3 Å². The second-order valence-corrected chi connectivity index (χ2v) is 15.2. The fourth-order valence-corrected chi connectivity index (χ4v) is 5.60. The maximum atomic E-state index is 11.3. The molecular formula is C45H71N5O20Pt2. The third-order valence-electron chi connectivity index (χ3n) is 9.24. The average Bonchev–Trinajstić information content (AvgIpc) is 3.76. The maximum absolute atomic E-state index is 11.3. The van der Waals surface area contributed by atoms with Crippen molar-refractivity contribution in [1.82, 2.24) is 15.1 Å². The molecule has 0 bridgehead atoms. The van der Waals surface area contributed by atoms with Gasteiger partial charge >= 0.3 is 84.0 Å². The van der Waals surface area contributed by atoms with Crippen LogP contribution in [0.25, 0.3) is 11.5 Å². The van der Waals surface area contributed by atoms with Gasteiger partial charge in [0.05, 0.1) is 0 Å². The minimum atomic E-state index is -1.82. The monoisotopic (exact) mass is 1390 g/mol. The normalized spacial score (nSPS) is 17.6. The molecule has 25 nitrogen and oxygen atoms in total. The number of nitrogens with zero attached hydrogens (tertiary/aromatic N) is 2. The number of unbranched alkanes of at least 4 members (excludes halogenated alkanes) is 5. The Morgan fingerprint density at radius 2 is 0.944 bits per heavy atom. The zero-order chi connectivity index (χ0) is 54.8. The minimum Gasteiger partial charge on any atom is -0.677 e. The molecule has 2 aliphatic heterocycles. The number of methoxy groups -OCH3 is 1. The SMILES string of the molecule is C=C1C=CC(=O)N1CCCCCNC(=O)O.CC(=O)O.COCC(=O)O.O=C(O)C(=O)O.O=C(O)C(=O)O.O=C(O)CCCCCCN1C(=O)C=CC1=O.[CH2-][C@@H]1CCCC[C@H]1[NH-].[CH2-][C@@H]1CCCC[C@H]1[NH-].[Pt+2].[Pt+2]. The van der Waals surface area contributed by atoms with Crippen molar-refractivity contribution in [3.63, 3.8) is 0 Å². The molecule has 2 aliphatic carbocycles. The van der Waals surface area contributed by atoms with Crippen molar-refractivity contribution >= 4 is 65.6 Å². The molecule has 4 atom stereocenters. The number of carboxylic acid groups (broad SMARTS) is 8. The molecule has 0 aromatic heterocycles. The first-order valence-electron chi connectivity index (χ1n) is 21.9. The summed E-state index contributed by atoms with van der Waals surface area (Å²) >= 11 is 0. The Hall–Kier alpha value is -5.35. The van der Waals surface area contributed by atoms with E-state index in [9.17, 15) is 28.8 Å². The number of carbonyl (C=O) groups excluding carboxylic acids is 3. The van der Waals surface area contributed by atoms with Crippen molar-refractivity contribution in [2.24, 2.45) is 11.8 Å². The van der Waals surface area contributed by atoms with E-state index in [1.165, 1.54) is 68.8 Å². The zero-order valence-corrected chi connectivity index (χ0v) is 44.9. The largest absolute Gasteiger partial charge is 2.00 e. The van der Waals surface area contributed by atoms with Crippen LogP contribution >= 0.6 is 0 Å². The maximum Gasteiger partial charge on any atom is 2.00 e. The molecule has 4 amide bonds. The predicted molar refractivity (Wildman–Crippen MR) is 251 cm³/mol. The Bertz CT molecular complexity index is 1540. The molecule has 0 aromatic carbocycles. The van der Waals surface area contributed by atoms with Gasteiger partial charge in [-0.1, -0.05) is 70.8 Å². The first-order valence-corrected chi connectivity index (χ1v) is 21.9. The summed E-state index contributed by atoms with van der Waals surface area (Å²) in [6, 6.07) is 0.285. The van der Waals surface area contributed by atoms with Crippen LogP contribution in [0.1, 0.15) is 110 Å². The molecule has 0 aromatic rings. The van der Waals surface area contributed by atoms with Gasteiger partial charge in [-0.15, -0.1) is 0 Å². The number of allylic oxidation sites excluding steroid dienone is 1. The van der Waals surface area contributed by atoms with Crippen molar-refractivity contribution in [1.29, 1.82) is 0 Å². The van der Waals surface area contributed by atoms with Gasteiger partial charge in [-0.3, -0.25) is 28.9 Å². The molecule has 27 heteroatoms. The molecule has 2 heterocycles. The number of aliphatic carboxylic acids is 7. The molecule has 0 saturated heterocycles. The van der Waals surface area contributed by atoms with Gasteiger partial charge in [0.1, 0.15) is 6.61 Å². The van der Waals surface area contributed by atoms with Gasteiger partial charge in [0.15, 0.2) is 0 Å². The van der Waals surface area contributed by atoms with Crippen LogP contribution in [0, 0.1) is 25.7 Å². The molecule has 416 valence electrons. The summed E-state index contributed by atoms with van der Waals surface area (Å²) in [5.74, 6) is -9.53. The van der Waals surface area contributed by atoms with E-state index in [-0.39, 0.29) is 85.0 Å². The van der Waals surface area contributed by atoms with Crippen molar-refractivity contribution in [3.05, 3.63) is 61.9 Å². The van der Waals surface area contributed by atoms with Crippen molar-refractivity contribution in [2.75, 3.05) is 33.4 Å². The van der Waals surface area contributed by atoms with Gasteiger partial charge in [-0.05, 0) is 38.2 Å². The Morgan fingerprint density at radius 1 is 0.597 bits per heavy atom. The quantitative estimate of drug-likeness (QED) is 0.0437. The fraction of sp³-hybridized carbons (Fsp3) is 0.578. The van der Waals surface area contributed by atoms with E-state index in [0.717, 1.165) is 64.0 Å². The summed E-state index contributed by atoms with van der Waals surface area (Å²) in [5, 5.41) is 63.8. The first kappa shape index (κ1) is 78.1. The number of nitrogens with one attached hydrogen (secondary N) is 3. The van der Waals surface area contributed by atoms with Gasteiger partial charge in [0.25, 0.3) is 23.7 Å². The van der Waals surface area contributed by atoms with E-state index in [1.54, 1.807) is 11.0 Å². The van der Waals surface area contributed by atoms with Crippen LogP contribution in [0.2, 0.25) is 0 Å². The van der Waals surface area contributed by atoms with Crippen LogP contribution in [-0.4, -0.2) is 162 Å². The van der Waals surface area contributed by atoms with Crippen LogP contribution in [-0.2, 0) is 94.8 Å². The number of ether oxygens (including phenoxy) is 1. The predicted octanol–water partition coefficient (Wildman–Crippen LogP) is 5.26. The Kier molecular flexibility index (Phi) is 53.4. The van der Waals surface area contributed by atoms with E-state index in [1.807, 2.05) is 0 Å². The molecule has 0 spiro atoms. The Balaban J connectivity index is -0.000000180. The smallest absolute Gasteiger partial charge is 0.677 e. The molecular weight excluding hydrogens is 1320 g/mol. The van der Waals surface area contributed by atoms with E-state index >= 15 is 0 Å². The summed E-state index contributed by atoms with van der Waals surface area (Å²) in [4.78, 5) is 112. The van der Waals surface area contributed by atoms with Crippen LogP contribution in [0.15, 0.2) is 36.6 Å². The van der Waals surface area contributed by atoms with Crippen molar-refractivity contribution in [2.45, 2.75) is 122 Å². The molecule has 4 aliphatic rings. The van der Waals surface area contributed by atoms with Crippen molar-refractivity contribution < 1.29 is 140 Å². The van der Waals surface area contributed by atoms with Crippen LogP contribution < -0.4 is 5.32 Å². The van der Waals surface area contributed by atoms with Crippen LogP contribution in [0.3, 0.4) is 0 Å². The minimum absolute atomic E-state index is 0. The van der Waals surface area contributed by atoms with Crippen LogP contribution in [0.4, 0.5) is 4.79 Å². The third-order valence-corrected chi connectivity index (χ3v) is 9.24. The average molecular weight is 1390 g/mol. The summed E-state index contributed by atoms with van der Waals surface area (Å²) in [6.45, 7) is 13.9. The Labute approximate surface area is 448 Å². The van der Waals surface area contributed by atoms with E-state index in [2.05, 4.69) is 30.5 Å². The second kappa shape index (κ2) is 49.2. The number of carboxylic acids is 7. The number of imide groups is 1. The fourth-order valence-electron chi connectivity index (χ4n) is 5.60. The molecule has 2 fully saturated rings. The summed E-state index contributed by atoms with van der Waals surface area (Å²) in [5.41, 5.74) is 15.6. The van der Waals surface area contributed by atoms with Gasteiger partial charge in [0, 0.05) is 64.0 Å². The third kappa shape index (κ3) is 51.0. The zero-order valence-electron chi connectivity index (χ0n) is 40.4. The molecule has 0 unspecified atom stereocenters. The van der Waals surface area contributed by atoms with Crippen LogP contribution in [0.5, 0.6) is 0 Å². The Morgan fingerprint density at radius 3 is 1.22 bits per heavy atom. The molecule has 72 heavy (non-hydrogen) atoms. The van der Waals surface area contributed by atoms with Gasteiger partial charge in [0.2, 0.25) is 0 Å². The molecule has 2 saturated carbocycles. The van der Waals surface area contributed by atoms with E-state index in [0.29, 0.717) is 37.9 Å². The second-order valence-electron chi connectivity index (χ2n) is 15.2. The van der Waals surface area contributed by atoms with Gasteiger partial charge in [-0.2, -0.15) is 23.9 Å². The number of rotatable bonds is 15. The molecule has 11 N–H and O–H groups in total. The first-order chi connectivity index (χ1) is 32.6. The topological polar surface area (TPSA) is 425 Å². The molecule has 0 radical (unpaired) electrons. The standard InChI is InChI=1S/C11H16N2O3.C11H15NO4.2C7H13N.C3H6O3.2C2H2O4.C2H4O2.2Pt/c1-9-5-6-10(14)13(9)8-4-2-3-7-12-11(15)16;13-9-6-7-10(14)12(9)8-4-2-1-3-5-11(15)16;2*1-6-4-2-3-5-7(6)8;1-6-2-3(4)5;2*3-1(4)2(5)6;1-2(3)4;;/h5-6,12H,1-4,7-8H2,(H,15,16);6-7H,1-5,8H2,(H,15,16);2*6-8H,1-5H2;2H2,1H3,(H,4,5);2*(H,3,4)(H,5,6);1H3,(H,3,4);;/q;;2*-2;;;;;2*+2/t;;2*6-,7-;;;;;;/m..11....../s1. The molecule has 4 rings (SSSR count). The number of hydrogen-bond donors (Lipinski definition) is 9. The van der Waals surface area contributed by atoms with E-state index < -0.39 is 47.9 Å². The summed E-state index contributed by atoms with van der Waals surface area (Å²) in [7, 11) is 1.34. The van der Waals surface area contributed by atoms with Gasteiger partial charge < -0.3 is 81.1 Å². The number of carbonyl (C=O) groups is 11. The summed E-state index contributed by atoms with van der Waals surface area (Å²) in [6.07, 6.45) is 20.1. The van der Waals surface area contributed by atoms with Crippen molar-refractivity contribution in [3.8, 4) is 0 Å². The summed E-state index contributed by atoms with van der Waals surface area (Å²) < 4.78 is 4.20. The number of amides is 4.